The SMILES string of the molecule is C.C.C.C.C.C1CCCCC1.C1CCCCC1.CC.O.O=C(O)CCCC(=O)O.O=C(O)CCCCC(=O)O.O=C1CCCC=C1O.O=C1CCCCC1.O=C1CCCCC1(O)O.O=C1CCCCC1=O.O=CCCCCC(=O)O.OC1(O)CCCCC1.OC12CCCCC(OO1)O2.OC1=CCCCC1.OC1CCCCC1.OOO.OOO.OOO.OOO.[1H]O.[1H]O.[1H]O.[1H]O. The summed E-state index contributed by atoms with van der Waals surface area (Å²) < 4.78 is 24.0. The van der Waals surface area contributed by atoms with Gasteiger partial charge in [-0.25, -0.2) is 42.1 Å². The number of ketones is 5. The lowest BCUT2D eigenvalue weighted by atomic mass is 9.93. The molecule has 31 N–H and O–H groups in total. The Morgan fingerprint density at radius 3 is 0.961 bits per heavy atom. The van der Waals surface area contributed by atoms with E-state index in [2.05, 4.69) is 29.9 Å². The fourth-order valence-electron chi connectivity index (χ4n) is 11.4. The van der Waals surface area contributed by atoms with Crippen molar-refractivity contribution in [2.75, 3.05) is 0 Å². The number of aliphatic hydroxyl groups excluding tert-OH is 3. The average Bonchev–Trinajstić information content (AvgIpc) is 1.69. The van der Waals surface area contributed by atoms with E-state index < -0.39 is 53.2 Å². The molecule has 2 atom stereocenters. The van der Waals surface area contributed by atoms with Gasteiger partial charge in [0.1, 0.15) is 12.1 Å². The number of carboxylic acids is 5. The number of hydrogen-bond donors (Lipinski definition) is 21. The average molecular weight is 1890 g/mol. The number of ether oxygens (including phenoxy) is 1. The summed E-state index contributed by atoms with van der Waals surface area (Å²) in [6, 6.07) is 0. The molecule has 0 radical (unpaired) electrons. The van der Waals surface area contributed by atoms with Crippen molar-refractivity contribution in [1.82, 2.24) is 0 Å². The molecule has 44 nitrogen and oxygen atoms in total. The van der Waals surface area contributed by atoms with Gasteiger partial charge in [0.15, 0.2) is 41.0 Å². The molecule has 9 aliphatic carbocycles. The lowest BCUT2D eigenvalue weighted by Gasteiger charge is -2.25. The van der Waals surface area contributed by atoms with Gasteiger partial charge in [0.2, 0.25) is 11.5 Å². The number of unbranched alkanes of at least 4 members (excludes halogenated alkanes) is 3. The second-order valence-corrected chi connectivity index (χ2v) is 28.0. The first-order valence-corrected chi connectivity index (χ1v) is 41.2. The number of aliphatic carboxylic acids is 5. The quantitative estimate of drug-likeness (QED) is 0.0192. The number of carbonyl (C=O) groups is 11. The standard InChI is InChI=1S/2C6H10O4.2C6H10O3.C6H12O2.2C6H8O2.C6H12O.2C6H10O.2C6H12.C5H8O4.C2H6.5CH4.4H2O3.5H2O/c7-6-4-2-1-3-5(8-6)9-10-6;7-5(8)3-1-2-4-6(9)10;7-5-3-1-2-4-6(5,8)9;7-5-3-1-2-4-6(8)9;7-6(8)4-2-1-3-5-6;2*7-5-3-1-2-4-6(5)8;3*7-6-4-2-1-3-5-6;2*1-2-4-6-5-3-1;6-4(7)2-1-3-5(8)9;1-2;;;;;;4*1-3-2;;;;;/h5,7H,1-4H2;1-4H2,(H,7,8)(H,9,10);8-9H,1-4H2;5H,1-4H2,(H,8,9);7-8H,1-5H2;1-4H2;3,7H,1-2,4H2;6-7H,1-5H2;1-5H2;4,7H,1-3,5H2;2*1-6H2;1-3H2,(H,6,7)(H,8,9);1-2H3;5*1H4;4*1-2H;5*1H2/i/hH4. The number of hydrogen-bond acceptors (Lipinski definition) is 34. The maximum absolute atomic E-state index is 10.6. The van der Waals surface area contributed by atoms with Gasteiger partial charge in [0.05, 0.1) is 11.9 Å². The third-order valence-corrected chi connectivity index (χ3v) is 17.7. The fraction of sp³-hybridized carbons (Fsp3) is 0.821. The van der Waals surface area contributed by atoms with E-state index >= 15 is 0 Å². The van der Waals surface area contributed by atoms with Gasteiger partial charge < -0.3 is 98.6 Å². The molecule has 11 rings (SSSR count). The monoisotopic (exact) mass is 1890 g/mol. The van der Waals surface area contributed by atoms with Crippen molar-refractivity contribution in [3.8, 4) is 0 Å². The van der Waals surface area contributed by atoms with Crippen LogP contribution in [0.2, 0.25) is 0 Å². The number of aldehydes is 1. The van der Waals surface area contributed by atoms with Crippen molar-refractivity contribution in [2.45, 2.75) is 447 Å². The summed E-state index contributed by atoms with van der Waals surface area (Å²) in [5.41, 5.74) is 25.0. The number of fused-ring (bicyclic) bond motifs is 2. The largest absolute Gasteiger partial charge is 0.513 e. The predicted octanol–water partition coefficient (Wildman–Crippen LogP) is 14.1. The maximum atomic E-state index is 10.6. The predicted molar refractivity (Wildman–Crippen MR) is 475 cm³/mol. The summed E-state index contributed by atoms with van der Waals surface area (Å²) in [7, 11) is 0. The Morgan fingerprint density at radius 2 is 0.703 bits per heavy atom. The van der Waals surface area contributed by atoms with E-state index in [1.807, 2.05) is 19.9 Å². The minimum Gasteiger partial charge on any atom is -0.513 e. The molecule has 7 saturated carbocycles. The molecule has 0 aromatic heterocycles. The third-order valence-electron chi connectivity index (χ3n) is 17.7. The normalized spacial score (nSPS) is 18.7. The van der Waals surface area contributed by atoms with Crippen LogP contribution in [0.4, 0.5) is 0 Å². The zero-order valence-electron chi connectivity index (χ0n) is 75.7. The van der Waals surface area contributed by atoms with Crippen LogP contribution in [0.25, 0.3) is 0 Å². The van der Waals surface area contributed by atoms with Crippen LogP contribution in [-0.2, 0) is 87.4 Å². The van der Waals surface area contributed by atoms with Gasteiger partial charge in [0, 0.05) is 116 Å². The zero-order chi connectivity index (χ0) is 99.0. The number of Topliss-reactive ketones (excluding diaryl/α,β-unsaturated/α-hetero) is 5. The van der Waals surface area contributed by atoms with E-state index in [4.69, 9.17) is 136 Å². The summed E-state index contributed by atoms with van der Waals surface area (Å²) in [5, 5.41) is 174. The van der Waals surface area contributed by atoms with Gasteiger partial charge in [-0.2, -0.15) is 9.78 Å². The molecule has 2 heterocycles. The van der Waals surface area contributed by atoms with Crippen LogP contribution < -0.4 is 0 Å². The van der Waals surface area contributed by atoms with Crippen LogP contribution in [0.1, 0.15) is 423 Å². The fourth-order valence-corrected chi connectivity index (χ4v) is 11.4. The first-order valence-electron chi connectivity index (χ1n) is 42.9. The van der Waals surface area contributed by atoms with Gasteiger partial charge in [-0.15, -0.1) is 0 Å². The molecule has 9 fully saturated rings. The van der Waals surface area contributed by atoms with E-state index in [9.17, 15) is 57.8 Å². The summed E-state index contributed by atoms with van der Waals surface area (Å²) in [4.78, 5) is 121. The van der Waals surface area contributed by atoms with Crippen LogP contribution in [0.3, 0.4) is 0 Å². The van der Waals surface area contributed by atoms with Crippen LogP contribution in [0.15, 0.2) is 23.7 Å². The van der Waals surface area contributed by atoms with Crippen molar-refractivity contribution in [3.05, 3.63) is 23.7 Å². The highest BCUT2D eigenvalue weighted by Gasteiger charge is 2.43. The van der Waals surface area contributed by atoms with Gasteiger partial charge >= 0.3 is 35.8 Å². The van der Waals surface area contributed by atoms with Gasteiger partial charge in [-0.05, 0) is 153 Å². The Morgan fingerprint density at radius 1 is 0.398 bits per heavy atom. The molecule has 2 unspecified atom stereocenters. The smallest absolute Gasteiger partial charge is 0.312 e. The summed E-state index contributed by atoms with van der Waals surface area (Å²) >= 11 is 0. The summed E-state index contributed by atoms with van der Waals surface area (Å²) in [5.74, 6) is -9.08. The molecule has 0 amide bonds. The Balaban J connectivity index is -0.0000000709. The molecule has 2 aliphatic heterocycles. The molecule has 11 aliphatic rings. The number of allylic oxidation sites excluding steroid dienone is 4. The Bertz CT molecular complexity index is 2430. The molecule has 44 heteroatoms. The van der Waals surface area contributed by atoms with E-state index in [0.717, 1.165) is 135 Å². The molecule has 0 aromatic rings. The van der Waals surface area contributed by atoms with Crippen LogP contribution in [0, 0.1) is 0 Å². The first kappa shape index (κ1) is 150. The lowest BCUT2D eigenvalue weighted by Crippen LogP contribution is -2.40. The molecular weight excluding hydrogens is 1710 g/mol. The van der Waals surface area contributed by atoms with Gasteiger partial charge in [0.25, 0.3) is 0 Å². The lowest BCUT2D eigenvalue weighted by molar-refractivity contribution is -0.465. The summed E-state index contributed by atoms with van der Waals surface area (Å²) in [6.45, 7) is 4.00. The Labute approximate surface area is 762 Å². The minimum atomic E-state index is -2.00. The molecule has 0 aromatic carbocycles. The van der Waals surface area contributed by atoms with Crippen LogP contribution in [-0.4, -0.2) is 231 Å². The third kappa shape index (κ3) is 130. The second kappa shape index (κ2) is 118. The molecule has 776 valence electrons. The minimum absolute atomic E-state index is 0. The summed E-state index contributed by atoms with van der Waals surface area (Å²) in [6.07, 6.45) is 55.1. The maximum Gasteiger partial charge on any atom is 0.312 e. The molecule has 2 saturated heterocycles. The van der Waals surface area contributed by atoms with Crippen molar-refractivity contribution in [2.24, 2.45) is 0 Å². The van der Waals surface area contributed by atoms with Gasteiger partial charge in [-0.3, -0.25) is 52.7 Å². The topological polar surface area (TPSA) is 835 Å². The van der Waals surface area contributed by atoms with Crippen molar-refractivity contribution in [3.63, 3.8) is 0 Å². The number of aliphatic hydroxyl groups is 8. The molecule has 128 heavy (non-hydrogen) atoms. The van der Waals surface area contributed by atoms with Crippen molar-refractivity contribution >= 4 is 65.0 Å². The Kier molecular flexibility index (Phi) is 139. The number of carbonyl (C=O) groups excluding carboxylic acids is 6. The van der Waals surface area contributed by atoms with Crippen molar-refractivity contribution < 1.29 is 229 Å². The zero-order valence-corrected chi connectivity index (χ0v) is 71.7. The van der Waals surface area contributed by atoms with Crippen LogP contribution >= 0.6 is 0 Å². The highest BCUT2D eigenvalue weighted by molar-refractivity contribution is 6.37. The molecule has 2 bridgehead atoms. The van der Waals surface area contributed by atoms with Crippen LogP contribution in [0.5, 0.6) is 0 Å². The first-order chi connectivity index (χ1) is 60.1. The molecule has 0 spiro atoms. The molecular formula is C84H176O44. The van der Waals surface area contributed by atoms with Gasteiger partial charge in [-0.1, -0.05) is 180 Å². The number of rotatable bonds is 14. The van der Waals surface area contributed by atoms with E-state index in [0.29, 0.717) is 88.6 Å². The van der Waals surface area contributed by atoms with E-state index in [-0.39, 0.29) is 123 Å². The Hall–Kier alpha value is -6.59. The number of carboxylic acid groups (broad SMARTS) is 5. The highest BCUT2D eigenvalue weighted by Crippen LogP contribution is 2.33. The highest BCUT2D eigenvalue weighted by atomic mass is 17.4. The van der Waals surface area contributed by atoms with E-state index in [1.54, 1.807) is 6.08 Å². The van der Waals surface area contributed by atoms with Crippen molar-refractivity contribution in [1.29, 1.82) is 0 Å². The second-order valence-electron chi connectivity index (χ2n) is 28.0. The van der Waals surface area contributed by atoms with E-state index in [1.165, 1.54) is 116 Å².